The molecule has 4 rings (SSSR count). The normalized spacial score (nSPS) is 12.0. The fraction of sp³-hybridized carbons (Fsp3) is 0.261. The highest BCUT2D eigenvalue weighted by Gasteiger charge is 2.12. The predicted molar refractivity (Wildman–Crippen MR) is 118 cm³/mol. The lowest BCUT2D eigenvalue weighted by molar-refractivity contribution is 0.306. The Balaban J connectivity index is 1.55. The molecule has 0 unspecified atom stereocenters. The van der Waals surface area contributed by atoms with Crippen molar-refractivity contribution < 1.29 is 4.74 Å². The van der Waals surface area contributed by atoms with Gasteiger partial charge >= 0.3 is 0 Å². The molecule has 0 bridgehead atoms. The summed E-state index contributed by atoms with van der Waals surface area (Å²) in [5.41, 5.74) is 2.91. The number of aryl methyl sites for hydroxylation is 1. The summed E-state index contributed by atoms with van der Waals surface area (Å²) < 4.78 is 7.76. The van der Waals surface area contributed by atoms with Gasteiger partial charge in [-0.1, -0.05) is 60.9 Å². The topological polar surface area (TPSA) is 56.5 Å². The van der Waals surface area contributed by atoms with Gasteiger partial charge < -0.3 is 4.74 Å². The monoisotopic (exact) mass is 405 g/mol. The van der Waals surface area contributed by atoms with Crippen LogP contribution in [0.2, 0.25) is 0 Å². The summed E-state index contributed by atoms with van der Waals surface area (Å²) >= 11 is 1.35. The van der Waals surface area contributed by atoms with Crippen molar-refractivity contribution in [1.29, 1.82) is 0 Å². The number of hydrogen-bond donors (Lipinski definition) is 0. The molecule has 2 heterocycles. The van der Waals surface area contributed by atoms with Crippen molar-refractivity contribution in [1.82, 2.24) is 14.6 Å². The van der Waals surface area contributed by atoms with Crippen molar-refractivity contribution >= 4 is 22.4 Å². The van der Waals surface area contributed by atoms with E-state index in [0.717, 1.165) is 29.9 Å². The van der Waals surface area contributed by atoms with Gasteiger partial charge in [-0.15, -0.1) is 5.10 Å². The van der Waals surface area contributed by atoms with Crippen LogP contribution in [0.25, 0.3) is 22.4 Å². The molecule has 0 fully saturated rings. The van der Waals surface area contributed by atoms with Gasteiger partial charge in [0.05, 0.1) is 11.1 Å². The summed E-state index contributed by atoms with van der Waals surface area (Å²) in [6, 6.07) is 15.8. The van der Waals surface area contributed by atoms with Crippen molar-refractivity contribution in [3.63, 3.8) is 0 Å². The van der Waals surface area contributed by atoms with E-state index in [1.807, 2.05) is 61.5 Å². The van der Waals surface area contributed by atoms with Crippen LogP contribution in [0.3, 0.4) is 0 Å². The van der Waals surface area contributed by atoms with Gasteiger partial charge in [0.1, 0.15) is 5.75 Å². The molecule has 0 amide bonds. The molecule has 0 saturated carbocycles. The van der Waals surface area contributed by atoms with Crippen LogP contribution in [0, 0.1) is 6.92 Å². The molecule has 0 atom stereocenters. The number of rotatable bonds is 7. The molecule has 0 radical (unpaired) electrons. The van der Waals surface area contributed by atoms with Crippen LogP contribution in [-0.2, 0) is 0 Å². The zero-order valence-corrected chi connectivity index (χ0v) is 17.4. The van der Waals surface area contributed by atoms with Crippen molar-refractivity contribution in [2.75, 3.05) is 6.61 Å². The molecule has 6 heteroatoms. The number of hydrogen-bond acceptors (Lipinski definition) is 5. The lowest BCUT2D eigenvalue weighted by Crippen LogP contribution is -2.23. The molecular formula is C23H23N3O2S. The maximum atomic E-state index is 12.7. The van der Waals surface area contributed by atoms with Crippen LogP contribution in [0.1, 0.15) is 37.3 Å². The minimum absolute atomic E-state index is 0.139. The first-order valence-electron chi connectivity index (χ1n) is 9.85. The fourth-order valence-corrected chi connectivity index (χ4v) is 3.92. The Kier molecular flexibility index (Phi) is 5.71. The zero-order valence-electron chi connectivity index (χ0n) is 16.6. The van der Waals surface area contributed by atoms with E-state index < -0.39 is 0 Å². The van der Waals surface area contributed by atoms with Gasteiger partial charge in [0.15, 0.2) is 5.82 Å². The van der Waals surface area contributed by atoms with E-state index in [-0.39, 0.29) is 5.56 Å². The second kappa shape index (κ2) is 8.57. The summed E-state index contributed by atoms with van der Waals surface area (Å²) in [6.07, 6.45) is 5.30. The van der Waals surface area contributed by atoms with Crippen LogP contribution < -0.4 is 14.8 Å². The van der Waals surface area contributed by atoms with E-state index in [2.05, 4.69) is 17.0 Å². The molecule has 0 spiro atoms. The molecule has 4 aromatic rings. The summed E-state index contributed by atoms with van der Waals surface area (Å²) in [6.45, 7) is 4.94. The van der Waals surface area contributed by atoms with E-state index >= 15 is 0 Å². The van der Waals surface area contributed by atoms with Gasteiger partial charge in [0, 0.05) is 5.56 Å². The van der Waals surface area contributed by atoms with Crippen LogP contribution in [0.15, 0.2) is 53.3 Å². The van der Waals surface area contributed by atoms with E-state index in [4.69, 9.17) is 4.74 Å². The van der Waals surface area contributed by atoms with Crippen molar-refractivity contribution in [3.05, 3.63) is 74.5 Å². The largest absolute Gasteiger partial charge is 0.494 e. The molecule has 0 saturated heterocycles. The van der Waals surface area contributed by atoms with Crippen molar-refractivity contribution in [3.8, 4) is 17.1 Å². The Morgan fingerprint density at radius 3 is 2.52 bits per heavy atom. The highest BCUT2D eigenvalue weighted by molar-refractivity contribution is 7.15. The first-order valence-corrected chi connectivity index (χ1v) is 10.7. The van der Waals surface area contributed by atoms with Gasteiger partial charge in [-0.05, 0) is 49.2 Å². The van der Waals surface area contributed by atoms with E-state index in [0.29, 0.717) is 15.3 Å². The third kappa shape index (κ3) is 4.38. The molecule has 5 nitrogen and oxygen atoms in total. The molecule has 0 aliphatic rings. The average Bonchev–Trinajstić information content (AvgIpc) is 3.27. The Morgan fingerprint density at radius 1 is 1.07 bits per heavy atom. The number of nitrogens with zero attached hydrogens (tertiary/aromatic N) is 3. The molecule has 0 aliphatic carbocycles. The zero-order chi connectivity index (χ0) is 20.2. The lowest BCUT2D eigenvalue weighted by atomic mass is 10.1. The molecule has 2 aromatic heterocycles. The van der Waals surface area contributed by atoms with Gasteiger partial charge in [-0.25, -0.2) is 0 Å². The van der Waals surface area contributed by atoms with E-state index in [1.165, 1.54) is 34.3 Å². The van der Waals surface area contributed by atoms with Crippen LogP contribution in [0.5, 0.6) is 5.75 Å². The molecule has 0 N–H and O–H groups in total. The summed E-state index contributed by atoms with van der Waals surface area (Å²) in [7, 11) is 0. The Hall–Kier alpha value is -2.99. The van der Waals surface area contributed by atoms with Crippen molar-refractivity contribution in [2.45, 2.75) is 33.1 Å². The summed E-state index contributed by atoms with van der Waals surface area (Å²) in [5, 5.41) is 4.42. The van der Waals surface area contributed by atoms with E-state index in [1.54, 1.807) is 0 Å². The lowest BCUT2D eigenvalue weighted by Gasteiger charge is -2.05. The Labute approximate surface area is 173 Å². The summed E-state index contributed by atoms with van der Waals surface area (Å²) in [4.78, 5) is 17.8. The minimum atomic E-state index is -0.139. The van der Waals surface area contributed by atoms with Crippen molar-refractivity contribution in [2.24, 2.45) is 0 Å². The number of ether oxygens (including phenoxy) is 1. The first-order chi connectivity index (χ1) is 14.1. The second-order valence-electron chi connectivity index (χ2n) is 7.04. The number of unbranched alkanes of at least 4 members (excludes halogenated alkanes) is 2. The van der Waals surface area contributed by atoms with E-state index in [9.17, 15) is 4.79 Å². The smallest absolute Gasteiger partial charge is 0.291 e. The number of aromatic nitrogens is 3. The van der Waals surface area contributed by atoms with Gasteiger partial charge in [0.2, 0.25) is 4.96 Å². The van der Waals surface area contributed by atoms with Gasteiger partial charge in [0.25, 0.3) is 5.56 Å². The molecule has 2 aromatic carbocycles. The van der Waals surface area contributed by atoms with Gasteiger partial charge in [-0.3, -0.25) is 4.79 Å². The second-order valence-corrected chi connectivity index (χ2v) is 8.05. The maximum absolute atomic E-state index is 12.7. The molecule has 0 aliphatic heterocycles. The highest BCUT2D eigenvalue weighted by Crippen LogP contribution is 2.20. The Morgan fingerprint density at radius 2 is 1.83 bits per heavy atom. The van der Waals surface area contributed by atoms with Crippen LogP contribution >= 0.6 is 11.3 Å². The maximum Gasteiger partial charge on any atom is 0.291 e. The number of benzene rings is 2. The number of fused-ring (bicyclic) bond motifs is 1. The third-order valence-corrected chi connectivity index (χ3v) is 5.65. The Bertz CT molecular complexity index is 1210. The molecular weight excluding hydrogens is 382 g/mol. The number of thiazole rings is 1. The highest BCUT2D eigenvalue weighted by atomic mass is 32.1. The first kappa shape index (κ1) is 19.3. The standard InChI is InChI=1S/C23H23N3O2S/c1-3-4-5-14-28-19-12-10-18(11-13-19)21-24-23-26(25-21)22(27)20(29-23)15-17-8-6-16(2)7-9-17/h6-13,15H,3-5,14H2,1-2H3. The third-order valence-electron chi connectivity index (χ3n) is 4.69. The SMILES string of the molecule is CCCCCOc1ccc(-c2nc3sc(=Cc4ccc(C)cc4)c(=O)n3n2)cc1. The van der Waals surface area contributed by atoms with Crippen LogP contribution in [0.4, 0.5) is 0 Å². The fourth-order valence-electron chi connectivity index (χ4n) is 3.01. The molecule has 148 valence electrons. The van der Waals surface area contributed by atoms with Crippen LogP contribution in [-0.4, -0.2) is 21.2 Å². The predicted octanol–water partition coefficient (Wildman–Crippen LogP) is 4.24. The summed E-state index contributed by atoms with van der Waals surface area (Å²) in [5.74, 6) is 1.39. The minimum Gasteiger partial charge on any atom is -0.494 e. The molecule has 29 heavy (non-hydrogen) atoms. The quantitative estimate of drug-likeness (QED) is 0.432. The van der Waals surface area contributed by atoms with Gasteiger partial charge in [-0.2, -0.15) is 9.50 Å². The average molecular weight is 406 g/mol.